The molecule has 1 fully saturated rings. The van der Waals surface area contributed by atoms with Gasteiger partial charge in [0, 0.05) is 18.3 Å². The van der Waals surface area contributed by atoms with Gasteiger partial charge in [-0.3, -0.25) is 9.59 Å². The summed E-state index contributed by atoms with van der Waals surface area (Å²) in [5.41, 5.74) is -0.0974. The van der Waals surface area contributed by atoms with Crippen LogP contribution in [0.25, 0.3) is 0 Å². The van der Waals surface area contributed by atoms with Crippen LogP contribution in [0.2, 0.25) is 0 Å². The van der Waals surface area contributed by atoms with Crippen molar-refractivity contribution in [3.05, 3.63) is 29.8 Å². The molecule has 0 aliphatic carbocycles. The van der Waals surface area contributed by atoms with Gasteiger partial charge < -0.3 is 15.0 Å². The van der Waals surface area contributed by atoms with Gasteiger partial charge in [0.15, 0.2) is 0 Å². The Labute approximate surface area is 120 Å². The van der Waals surface area contributed by atoms with Gasteiger partial charge in [-0.05, 0) is 26.0 Å². The molecule has 2 amide bonds. The summed E-state index contributed by atoms with van der Waals surface area (Å²) >= 11 is 0. The molecule has 1 N–H and O–H groups in total. The fraction of sp³-hybridized carbons (Fsp3) is 0.429. The van der Waals surface area contributed by atoms with Crippen LogP contribution >= 0.6 is 0 Å². The molecule has 1 aromatic rings. The molecule has 0 spiro atoms. The molecule has 114 valence electrons. The monoisotopic (exact) mass is 298 g/mol. The number of benzene rings is 1. The van der Waals surface area contributed by atoms with Crippen LogP contribution in [0.3, 0.4) is 0 Å². The fourth-order valence-corrected chi connectivity index (χ4v) is 2.16. The van der Waals surface area contributed by atoms with Crippen molar-refractivity contribution in [1.29, 1.82) is 0 Å². The maximum Gasteiger partial charge on any atom is 0.313 e. The Bertz CT molecular complexity index is 545. The lowest BCUT2D eigenvalue weighted by Crippen LogP contribution is -2.54. The highest BCUT2D eigenvalue weighted by Gasteiger charge is 2.32. The van der Waals surface area contributed by atoms with Crippen molar-refractivity contribution in [3.63, 3.8) is 0 Å². The zero-order valence-corrected chi connectivity index (χ0v) is 11.7. The van der Waals surface area contributed by atoms with Gasteiger partial charge in [-0.15, -0.1) is 0 Å². The minimum Gasteiger partial charge on any atom is -0.375 e. The molecule has 0 saturated carbocycles. The van der Waals surface area contributed by atoms with E-state index < -0.39 is 23.4 Å². The molecule has 0 radical (unpaired) electrons. The van der Waals surface area contributed by atoms with Crippen molar-refractivity contribution in [2.75, 3.05) is 18.5 Å². The zero-order chi connectivity index (χ0) is 15.6. The van der Waals surface area contributed by atoms with Crippen LogP contribution in [0.1, 0.15) is 13.8 Å². The minimum absolute atomic E-state index is 0.0974. The largest absolute Gasteiger partial charge is 0.375 e. The number of halogens is 2. The topological polar surface area (TPSA) is 58.6 Å². The Balaban J connectivity index is 2.07. The van der Waals surface area contributed by atoms with Gasteiger partial charge >= 0.3 is 11.8 Å². The molecule has 1 heterocycles. The van der Waals surface area contributed by atoms with Crippen LogP contribution in [0, 0.1) is 11.6 Å². The maximum absolute atomic E-state index is 13.0. The maximum atomic E-state index is 13.0. The Hall–Kier alpha value is -2.02. The first-order valence-corrected chi connectivity index (χ1v) is 6.58. The zero-order valence-electron chi connectivity index (χ0n) is 11.7. The number of carbonyl (C=O) groups is 2. The second-order valence-electron chi connectivity index (χ2n) is 4.93. The van der Waals surface area contributed by atoms with E-state index in [-0.39, 0.29) is 17.8 Å². The summed E-state index contributed by atoms with van der Waals surface area (Å²) in [6.45, 7) is 4.23. The summed E-state index contributed by atoms with van der Waals surface area (Å²) in [6.07, 6.45) is -0.179. The van der Waals surface area contributed by atoms with Crippen molar-refractivity contribution < 1.29 is 23.1 Å². The third kappa shape index (κ3) is 3.55. The lowest BCUT2D eigenvalue weighted by Gasteiger charge is -2.37. The van der Waals surface area contributed by atoms with Crippen LogP contribution in [0.4, 0.5) is 14.5 Å². The van der Waals surface area contributed by atoms with Gasteiger partial charge in [-0.1, -0.05) is 0 Å². The Morgan fingerprint density at radius 2 is 1.86 bits per heavy atom. The summed E-state index contributed by atoms with van der Waals surface area (Å²) < 4.78 is 31.5. The van der Waals surface area contributed by atoms with E-state index in [1.54, 1.807) is 6.92 Å². The number of ether oxygens (including phenoxy) is 1. The molecule has 7 heteroatoms. The first-order valence-electron chi connectivity index (χ1n) is 6.58. The van der Waals surface area contributed by atoms with E-state index in [0.717, 1.165) is 12.1 Å². The highest BCUT2D eigenvalue weighted by molar-refractivity contribution is 6.39. The molecule has 1 aromatic carbocycles. The number of nitrogens with one attached hydrogen (secondary N) is 1. The second kappa shape index (κ2) is 6.17. The van der Waals surface area contributed by atoms with Crippen molar-refractivity contribution in [2.45, 2.75) is 26.0 Å². The molecule has 0 unspecified atom stereocenters. The molecular formula is C14H16F2N2O3. The normalized spacial score (nSPS) is 22.0. The van der Waals surface area contributed by atoms with E-state index in [1.165, 1.54) is 4.90 Å². The van der Waals surface area contributed by atoms with Crippen LogP contribution in [-0.2, 0) is 14.3 Å². The third-order valence-electron chi connectivity index (χ3n) is 3.46. The minimum atomic E-state index is -0.930. The van der Waals surface area contributed by atoms with Gasteiger partial charge in [0.25, 0.3) is 0 Å². The summed E-state index contributed by atoms with van der Waals surface area (Å²) in [6, 6.07) is 2.32. The smallest absolute Gasteiger partial charge is 0.313 e. The molecule has 2 atom stereocenters. The molecule has 21 heavy (non-hydrogen) atoms. The van der Waals surface area contributed by atoms with Crippen LogP contribution in [0.5, 0.6) is 0 Å². The number of amides is 2. The average molecular weight is 298 g/mol. The molecule has 1 aliphatic rings. The SMILES string of the molecule is C[C@H]1OCCN(C(=O)C(=O)Nc2cc(F)cc(F)c2)[C@H]1C. The fourth-order valence-electron chi connectivity index (χ4n) is 2.16. The Kier molecular flexibility index (Phi) is 4.52. The van der Waals surface area contributed by atoms with E-state index in [9.17, 15) is 18.4 Å². The first-order chi connectivity index (χ1) is 9.88. The first kappa shape index (κ1) is 15.4. The van der Waals surface area contributed by atoms with Gasteiger partial charge in [0.05, 0.1) is 18.8 Å². The van der Waals surface area contributed by atoms with E-state index in [4.69, 9.17) is 4.74 Å². The lowest BCUT2D eigenvalue weighted by atomic mass is 10.1. The molecule has 1 saturated heterocycles. The molecule has 2 rings (SSSR count). The number of rotatable bonds is 1. The molecule has 5 nitrogen and oxygen atoms in total. The molecule has 0 bridgehead atoms. The summed E-state index contributed by atoms with van der Waals surface area (Å²) in [7, 11) is 0. The number of nitrogens with zero attached hydrogens (tertiary/aromatic N) is 1. The lowest BCUT2D eigenvalue weighted by molar-refractivity contribution is -0.152. The average Bonchev–Trinajstić information content (AvgIpc) is 2.40. The van der Waals surface area contributed by atoms with Gasteiger partial charge in [-0.25, -0.2) is 8.78 Å². The van der Waals surface area contributed by atoms with E-state index in [1.807, 2.05) is 6.92 Å². The summed E-state index contributed by atoms with van der Waals surface area (Å²) in [5, 5.41) is 2.21. The van der Waals surface area contributed by atoms with Crippen LogP contribution in [0.15, 0.2) is 18.2 Å². The number of carbonyl (C=O) groups excluding carboxylic acids is 2. The van der Waals surface area contributed by atoms with Crippen molar-refractivity contribution in [1.82, 2.24) is 4.90 Å². The quantitative estimate of drug-likeness (QED) is 0.800. The second-order valence-corrected chi connectivity index (χ2v) is 4.93. The highest BCUT2D eigenvalue weighted by atomic mass is 19.1. The predicted molar refractivity (Wildman–Crippen MR) is 71.6 cm³/mol. The van der Waals surface area contributed by atoms with Crippen molar-refractivity contribution >= 4 is 17.5 Å². The van der Waals surface area contributed by atoms with Crippen LogP contribution in [-0.4, -0.2) is 42.0 Å². The van der Waals surface area contributed by atoms with E-state index in [0.29, 0.717) is 19.2 Å². The van der Waals surface area contributed by atoms with Gasteiger partial charge in [0.1, 0.15) is 11.6 Å². The summed E-state index contributed by atoms with van der Waals surface area (Å²) in [5.74, 6) is -3.33. The standard InChI is InChI=1S/C14H16F2N2O3/c1-8-9(2)21-4-3-18(8)14(20)13(19)17-12-6-10(15)5-11(16)7-12/h5-9H,3-4H2,1-2H3,(H,17,19)/t8-,9+/m0/s1. The van der Waals surface area contributed by atoms with Crippen LogP contribution < -0.4 is 5.32 Å². The van der Waals surface area contributed by atoms with Crippen molar-refractivity contribution in [2.24, 2.45) is 0 Å². The van der Waals surface area contributed by atoms with Gasteiger partial charge in [0.2, 0.25) is 0 Å². The van der Waals surface area contributed by atoms with E-state index in [2.05, 4.69) is 5.32 Å². The highest BCUT2D eigenvalue weighted by Crippen LogP contribution is 2.16. The third-order valence-corrected chi connectivity index (χ3v) is 3.46. The molecule has 1 aliphatic heterocycles. The summed E-state index contributed by atoms with van der Waals surface area (Å²) in [4.78, 5) is 25.4. The Morgan fingerprint density at radius 3 is 2.48 bits per heavy atom. The molecular weight excluding hydrogens is 282 g/mol. The number of anilines is 1. The number of hydrogen-bond acceptors (Lipinski definition) is 3. The Morgan fingerprint density at radius 1 is 1.24 bits per heavy atom. The van der Waals surface area contributed by atoms with Crippen molar-refractivity contribution in [3.8, 4) is 0 Å². The number of hydrogen-bond donors (Lipinski definition) is 1. The van der Waals surface area contributed by atoms with E-state index >= 15 is 0 Å². The number of morpholine rings is 1. The molecule has 0 aromatic heterocycles. The van der Waals surface area contributed by atoms with Gasteiger partial charge in [-0.2, -0.15) is 0 Å². The predicted octanol–water partition coefficient (Wildman–Crippen LogP) is 1.54.